The van der Waals surface area contributed by atoms with E-state index in [4.69, 9.17) is 11.6 Å². The van der Waals surface area contributed by atoms with E-state index in [1.807, 2.05) is 18.7 Å². The number of nitrogens with zero attached hydrogens (tertiary/aromatic N) is 7. The number of amides is 1. The van der Waals surface area contributed by atoms with E-state index < -0.39 is 4.92 Å². The van der Waals surface area contributed by atoms with Crippen LogP contribution in [0.3, 0.4) is 0 Å². The fourth-order valence-corrected chi connectivity index (χ4v) is 4.00. The summed E-state index contributed by atoms with van der Waals surface area (Å²) < 4.78 is 1.68. The van der Waals surface area contributed by atoms with Crippen LogP contribution in [-0.4, -0.2) is 67.9 Å². The summed E-state index contributed by atoms with van der Waals surface area (Å²) in [4.78, 5) is 27.0. The normalized spacial score (nSPS) is 14.6. The summed E-state index contributed by atoms with van der Waals surface area (Å²) in [5.74, 6) is 0.238. The first kappa shape index (κ1) is 20.3. The SMILES string of the molecule is CC(C)n1nnnc1SCC(=O)N1CCN(c2ccc(Cl)cc2[N+](=O)[O-])CC1. The van der Waals surface area contributed by atoms with Gasteiger partial charge in [-0.1, -0.05) is 23.4 Å². The van der Waals surface area contributed by atoms with Gasteiger partial charge in [0.1, 0.15) is 5.69 Å². The molecule has 0 bridgehead atoms. The maximum absolute atomic E-state index is 12.5. The number of hydrogen-bond acceptors (Lipinski definition) is 8. The van der Waals surface area contributed by atoms with Crippen LogP contribution in [0.15, 0.2) is 23.4 Å². The predicted molar refractivity (Wildman–Crippen MR) is 106 cm³/mol. The van der Waals surface area contributed by atoms with Gasteiger partial charge < -0.3 is 9.80 Å². The highest BCUT2D eigenvalue weighted by Gasteiger charge is 2.26. The smallest absolute Gasteiger partial charge is 0.294 e. The molecule has 1 saturated heterocycles. The Morgan fingerprint density at radius 1 is 1.32 bits per heavy atom. The fraction of sp³-hybridized carbons (Fsp3) is 0.500. The van der Waals surface area contributed by atoms with E-state index in [0.29, 0.717) is 42.0 Å². The zero-order valence-electron chi connectivity index (χ0n) is 15.5. The Morgan fingerprint density at radius 2 is 2.04 bits per heavy atom. The van der Waals surface area contributed by atoms with Crippen molar-refractivity contribution in [2.24, 2.45) is 0 Å². The number of anilines is 1. The first-order valence-corrected chi connectivity index (χ1v) is 10.1. The average Bonchev–Trinajstić information content (AvgIpc) is 3.15. The number of nitro benzene ring substituents is 1. The van der Waals surface area contributed by atoms with Crippen molar-refractivity contribution in [1.82, 2.24) is 25.1 Å². The van der Waals surface area contributed by atoms with Gasteiger partial charge in [0.05, 0.1) is 16.7 Å². The molecule has 0 radical (unpaired) electrons. The Hall–Kier alpha value is -2.40. The summed E-state index contributed by atoms with van der Waals surface area (Å²) in [6, 6.07) is 4.76. The molecule has 0 spiro atoms. The number of piperazine rings is 1. The largest absolute Gasteiger partial charge is 0.362 e. The Balaban J connectivity index is 1.57. The Kier molecular flexibility index (Phi) is 6.35. The highest BCUT2D eigenvalue weighted by atomic mass is 35.5. The highest BCUT2D eigenvalue weighted by Crippen LogP contribution is 2.31. The maximum atomic E-state index is 12.5. The van der Waals surface area contributed by atoms with Gasteiger partial charge in [0.25, 0.3) is 5.69 Å². The molecule has 10 nitrogen and oxygen atoms in total. The van der Waals surface area contributed by atoms with Crippen LogP contribution in [0.5, 0.6) is 0 Å². The second-order valence-corrected chi connectivity index (χ2v) is 7.93. The van der Waals surface area contributed by atoms with Gasteiger partial charge in [-0.25, -0.2) is 4.68 Å². The number of nitro groups is 1. The number of thioether (sulfide) groups is 1. The Bertz CT molecular complexity index is 868. The van der Waals surface area contributed by atoms with E-state index in [1.54, 1.807) is 21.7 Å². The zero-order valence-corrected chi connectivity index (χ0v) is 17.1. The minimum absolute atomic E-state index is 0.00596. The highest BCUT2D eigenvalue weighted by molar-refractivity contribution is 7.99. The standard InChI is InChI=1S/C16H20ClN7O3S/c1-11(2)23-16(18-19-20-23)28-10-15(25)22-7-5-21(6-8-22)13-4-3-12(17)9-14(13)24(26)27/h3-4,9,11H,5-8,10H2,1-2H3. The van der Waals surface area contributed by atoms with Gasteiger partial charge in [-0.05, 0) is 36.4 Å². The maximum Gasteiger partial charge on any atom is 0.294 e. The molecule has 150 valence electrons. The lowest BCUT2D eigenvalue weighted by atomic mass is 10.2. The van der Waals surface area contributed by atoms with Crippen LogP contribution in [0.4, 0.5) is 11.4 Å². The lowest BCUT2D eigenvalue weighted by Gasteiger charge is -2.35. The third-order valence-corrected chi connectivity index (χ3v) is 5.54. The molecule has 0 aliphatic carbocycles. The van der Waals surface area contributed by atoms with Gasteiger partial charge in [0, 0.05) is 37.3 Å². The van der Waals surface area contributed by atoms with Crippen LogP contribution >= 0.6 is 23.4 Å². The number of carbonyl (C=O) groups is 1. The summed E-state index contributed by atoms with van der Waals surface area (Å²) in [6.45, 7) is 5.96. The number of benzene rings is 1. The monoisotopic (exact) mass is 425 g/mol. The molecule has 0 unspecified atom stereocenters. The summed E-state index contributed by atoms with van der Waals surface area (Å²) in [6.07, 6.45) is 0. The molecule has 1 aliphatic rings. The zero-order chi connectivity index (χ0) is 20.3. The number of tetrazole rings is 1. The van der Waals surface area contributed by atoms with Crippen molar-refractivity contribution in [2.75, 3.05) is 36.8 Å². The average molecular weight is 426 g/mol. The van der Waals surface area contributed by atoms with Crippen LogP contribution in [0.25, 0.3) is 0 Å². The van der Waals surface area contributed by atoms with Crippen molar-refractivity contribution in [3.8, 4) is 0 Å². The van der Waals surface area contributed by atoms with Crippen molar-refractivity contribution in [1.29, 1.82) is 0 Å². The lowest BCUT2D eigenvalue weighted by molar-refractivity contribution is -0.384. The van der Waals surface area contributed by atoms with E-state index in [-0.39, 0.29) is 23.4 Å². The molecular formula is C16H20ClN7O3S. The lowest BCUT2D eigenvalue weighted by Crippen LogP contribution is -2.49. The van der Waals surface area contributed by atoms with E-state index in [2.05, 4.69) is 15.5 Å². The molecule has 0 N–H and O–H groups in total. The summed E-state index contributed by atoms with van der Waals surface area (Å²) >= 11 is 7.19. The van der Waals surface area contributed by atoms with Crippen molar-refractivity contribution in [2.45, 2.75) is 25.0 Å². The van der Waals surface area contributed by atoms with E-state index in [0.717, 1.165) is 0 Å². The van der Waals surface area contributed by atoms with Crippen molar-refractivity contribution in [3.05, 3.63) is 33.3 Å². The fourth-order valence-electron chi connectivity index (χ4n) is 2.93. The number of carbonyl (C=O) groups excluding carboxylic acids is 1. The molecule has 1 amide bonds. The van der Waals surface area contributed by atoms with Crippen LogP contribution in [-0.2, 0) is 4.79 Å². The third kappa shape index (κ3) is 4.53. The minimum atomic E-state index is -0.436. The molecule has 2 aromatic rings. The van der Waals surface area contributed by atoms with Gasteiger partial charge in [-0.15, -0.1) is 5.10 Å². The quantitative estimate of drug-likeness (QED) is 0.393. The molecule has 1 fully saturated rings. The summed E-state index contributed by atoms with van der Waals surface area (Å²) in [5, 5.41) is 23.8. The van der Waals surface area contributed by atoms with Gasteiger partial charge >= 0.3 is 0 Å². The molecule has 2 heterocycles. The van der Waals surface area contributed by atoms with E-state index in [9.17, 15) is 14.9 Å². The predicted octanol–water partition coefficient (Wildman–Crippen LogP) is 2.26. The number of hydrogen-bond donors (Lipinski definition) is 0. The van der Waals surface area contributed by atoms with E-state index in [1.165, 1.54) is 17.8 Å². The molecule has 28 heavy (non-hydrogen) atoms. The second-order valence-electron chi connectivity index (χ2n) is 6.55. The number of rotatable bonds is 6. The summed E-state index contributed by atoms with van der Waals surface area (Å²) in [7, 11) is 0. The molecule has 12 heteroatoms. The Morgan fingerprint density at radius 3 is 2.68 bits per heavy atom. The van der Waals surface area contributed by atoms with Crippen LogP contribution in [0, 0.1) is 10.1 Å². The molecule has 0 atom stereocenters. The first-order valence-electron chi connectivity index (χ1n) is 8.74. The molecule has 3 rings (SSSR count). The van der Waals surface area contributed by atoms with Gasteiger partial charge in [0.15, 0.2) is 0 Å². The molecular weight excluding hydrogens is 406 g/mol. The number of aromatic nitrogens is 4. The summed E-state index contributed by atoms with van der Waals surface area (Å²) in [5.41, 5.74) is 0.496. The van der Waals surface area contributed by atoms with Crippen molar-refractivity contribution in [3.63, 3.8) is 0 Å². The van der Waals surface area contributed by atoms with Crippen LogP contribution < -0.4 is 4.90 Å². The van der Waals surface area contributed by atoms with Gasteiger partial charge in [0.2, 0.25) is 11.1 Å². The molecule has 1 aromatic heterocycles. The van der Waals surface area contributed by atoms with Crippen LogP contribution in [0.2, 0.25) is 5.02 Å². The minimum Gasteiger partial charge on any atom is -0.362 e. The van der Waals surface area contributed by atoms with E-state index >= 15 is 0 Å². The number of halogens is 1. The molecule has 1 aromatic carbocycles. The van der Waals surface area contributed by atoms with Gasteiger partial charge in [-0.3, -0.25) is 14.9 Å². The Labute approximate surface area is 171 Å². The third-order valence-electron chi connectivity index (χ3n) is 4.38. The second kappa shape index (κ2) is 8.74. The van der Waals surface area contributed by atoms with Crippen molar-refractivity contribution < 1.29 is 9.72 Å². The van der Waals surface area contributed by atoms with Crippen molar-refractivity contribution >= 4 is 40.6 Å². The topological polar surface area (TPSA) is 110 Å². The molecule has 1 aliphatic heterocycles. The van der Waals surface area contributed by atoms with Gasteiger partial charge in [-0.2, -0.15) is 0 Å². The molecule has 0 saturated carbocycles. The van der Waals surface area contributed by atoms with Crippen LogP contribution in [0.1, 0.15) is 19.9 Å². The first-order chi connectivity index (χ1) is 13.4.